The Morgan fingerprint density at radius 1 is 0.870 bits per heavy atom. The van der Waals surface area contributed by atoms with Crippen molar-refractivity contribution in [3.8, 4) is 0 Å². The Bertz CT molecular complexity index is 1880. The molecule has 0 fully saturated rings. The van der Waals surface area contributed by atoms with Gasteiger partial charge in [-0.2, -0.15) is 0 Å². The van der Waals surface area contributed by atoms with Gasteiger partial charge in [0.25, 0.3) is 11.8 Å². The fourth-order valence-corrected chi connectivity index (χ4v) is 6.51. The number of benzene rings is 2. The minimum atomic E-state index is -0.848. The maximum absolute atomic E-state index is 13.7. The molecule has 0 unspecified atom stereocenters. The number of pyridine rings is 1. The Hall–Kier alpha value is -5.23. The molecule has 6 rings (SSSR count). The van der Waals surface area contributed by atoms with Gasteiger partial charge in [-0.1, -0.05) is 42.5 Å². The van der Waals surface area contributed by atoms with Crippen molar-refractivity contribution in [1.29, 1.82) is 0 Å². The second kappa shape index (κ2) is 14.2. The number of anilines is 1. The smallest absolute Gasteiger partial charge is 0.270 e. The van der Waals surface area contributed by atoms with Crippen LogP contribution in [0.15, 0.2) is 78.3 Å². The fourth-order valence-electron chi connectivity index (χ4n) is 5.57. The monoisotopic (exact) mass is 637 g/mol. The Morgan fingerprint density at radius 2 is 1.67 bits per heavy atom. The highest BCUT2D eigenvalue weighted by Gasteiger charge is 2.25. The van der Waals surface area contributed by atoms with E-state index in [4.69, 9.17) is 0 Å². The van der Waals surface area contributed by atoms with Crippen LogP contribution < -0.4 is 21.3 Å². The quantitative estimate of drug-likeness (QED) is 0.204. The summed E-state index contributed by atoms with van der Waals surface area (Å²) in [6.07, 6.45) is 3.28. The molecule has 11 nitrogen and oxygen atoms in total. The maximum Gasteiger partial charge on any atom is 0.270 e. The van der Waals surface area contributed by atoms with E-state index in [9.17, 15) is 19.2 Å². The molecule has 5 N–H and O–H groups in total. The third-order valence-electron chi connectivity index (χ3n) is 7.94. The molecule has 2 aromatic carbocycles. The van der Waals surface area contributed by atoms with Gasteiger partial charge in [0.2, 0.25) is 11.8 Å². The first kappa shape index (κ1) is 30.8. The summed E-state index contributed by atoms with van der Waals surface area (Å²) in [5.41, 5.74) is 2.59. The van der Waals surface area contributed by atoms with Crippen molar-refractivity contribution >= 4 is 61.8 Å². The predicted octanol–water partition coefficient (Wildman–Crippen LogP) is 3.70. The van der Waals surface area contributed by atoms with Crippen molar-refractivity contribution in [1.82, 2.24) is 30.8 Å². The Balaban J connectivity index is 1.20. The number of H-pyrrole nitrogens is 1. The summed E-state index contributed by atoms with van der Waals surface area (Å²) in [6, 6.07) is 19.7. The van der Waals surface area contributed by atoms with Crippen molar-refractivity contribution in [3.05, 3.63) is 95.1 Å². The zero-order valence-electron chi connectivity index (χ0n) is 25.2. The molecule has 2 bridgehead atoms. The van der Waals surface area contributed by atoms with E-state index in [1.807, 2.05) is 60.1 Å². The van der Waals surface area contributed by atoms with Gasteiger partial charge in [-0.05, 0) is 42.7 Å². The lowest BCUT2D eigenvalue weighted by Gasteiger charge is -2.22. The first-order chi connectivity index (χ1) is 22.5. The van der Waals surface area contributed by atoms with Gasteiger partial charge in [-0.15, -0.1) is 11.3 Å². The molecular weight excluding hydrogens is 602 g/mol. The molecule has 0 saturated carbocycles. The molecule has 1 aliphatic rings. The highest BCUT2D eigenvalue weighted by Crippen LogP contribution is 2.27. The molecule has 0 aliphatic carbocycles. The maximum atomic E-state index is 13.7. The van der Waals surface area contributed by atoms with Crippen LogP contribution >= 0.6 is 11.3 Å². The van der Waals surface area contributed by atoms with Crippen molar-refractivity contribution in [3.63, 3.8) is 0 Å². The molecule has 0 spiro atoms. The lowest BCUT2D eigenvalue weighted by Crippen LogP contribution is -2.48. The van der Waals surface area contributed by atoms with E-state index >= 15 is 0 Å². The van der Waals surface area contributed by atoms with E-state index in [2.05, 4.69) is 31.2 Å². The summed E-state index contributed by atoms with van der Waals surface area (Å²) < 4.78 is 1.01. The Kier molecular flexibility index (Phi) is 9.54. The summed E-state index contributed by atoms with van der Waals surface area (Å²) in [5, 5.41) is 15.5. The molecule has 1 aliphatic heterocycles. The number of fused-ring (bicyclic) bond motifs is 4. The number of amides is 4. The zero-order valence-corrected chi connectivity index (χ0v) is 26.0. The Morgan fingerprint density at radius 3 is 2.57 bits per heavy atom. The number of nitrogens with zero attached hydrogens (tertiary/aromatic N) is 2. The van der Waals surface area contributed by atoms with Crippen LogP contribution in [0.25, 0.3) is 21.0 Å². The molecule has 4 heterocycles. The Labute approximate surface area is 269 Å². The number of rotatable bonds is 3. The standard InChI is InChI=1S/C34H35N7O4S/c42-31-20-41(34(45)25-21-46-29-12-4-2-9-24(25)29)17-6-5-14-37-32(43)28(18-22-19-38-26-10-3-1-8-23(22)26)40-33(44)27-11-7-13-30(39-27)35-15-16-36-31/h1-4,7-13,19,21,28,38H,5-6,14-18,20H2,(H,35,39)(H,36,42)(H,37,43)(H,40,44)/t28-/m0/s1. The number of hydrogen-bond donors (Lipinski definition) is 5. The highest BCUT2D eigenvalue weighted by molar-refractivity contribution is 7.17. The second-order valence-electron chi connectivity index (χ2n) is 11.1. The number of para-hydroxylation sites is 1. The number of aromatic amines is 1. The molecule has 4 amide bonds. The molecule has 0 radical (unpaired) electrons. The fraction of sp³-hybridized carbons (Fsp3) is 0.265. The van der Waals surface area contributed by atoms with Crippen LogP contribution in [0.4, 0.5) is 5.82 Å². The van der Waals surface area contributed by atoms with E-state index in [-0.39, 0.29) is 36.4 Å². The normalized spacial score (nSPS) is 17.3. The number of thiophene rings is 1. The second-order valence-corrected chi connectivity index (χ2v) is 12.1. The van der Waals surface area contributed by atoms with Gasteiger partial charge in [-0.3, -0.25) is 19.2 Å². The molecule has 0 saturated heterocycles. The lowest BCUT2D eigenvalue weighted by atomic mass is 10.0. The number of aromatic nitrogens is 2. The van der Waals surface area contributed by atoms with E-state index in [1.54, 1.807) is 23.1 Å². The summed E-state index contributed by atoms with van der Waals surface area (Å²) in [4.78, 5) is 62.6. The van der Waals surface area contributed by atoms with Gasteiger partial charge < -0.3 is 31.2 Å². The molecule has 12 heteroatoms. The summed E-state index contributed by atoms with van der Waals surface area (Å²) in [6.45, 7) is 1.25. The van der Waals surface area contributed by atoms with Gasteiger partial charge in [0.1, 0.15) is 17.6 Å². The van der Waals surface area contributed by atoms with Gasteiger partial charge in [0.15, 0.2) is 0 Å². The molecular formula is C34H35N7O4S. The average molecular weight is 638 g/mol. The molecule has 1 atom stereocenters. The van der Waals surface area contributed by atoms with Crippen molar-refractivity contribution in [2.24, 2.45) is 0 Å². The zero-order chi connectivity index (χ0) is 31.9. The van der Waals surface area contributed by atoms with Gasteiger partial charge in [0, 0.05) is 65.2 Å². The molecule has 236 valence electrons. The van der Waals surface area contributed by atoms with Crippen molar-refractivity contribution in [2.75, 3.05) is 38.0 Å². The molecule has 5 aromatic rings. The number of carbonyl (C=O) groups excluding carboxylic acids is 4. The number of carbonyl (C=O) groups is 4. The molecule has 3 aromatic heterocycles. The van der Waals surface area contributed by atoms with E-state index in [0.29, 0.717) is 50.4 Å². The van der Waals surface area contributed by atoms with E-state index in [1.165, 1.54) is 11.3 Å². The number of nitrogens with one attached hydrogen (secondary N) is 5. The first-order valence-corrected chi connectivity index (χ1v) is 16.2. The van der Waals surface area contributed by atoms with Gasteiger partial charge >= 0.3 is 0 Å². The summed E-state index contributed by atoms with van der Waals surface area (Å²) in [7, 11) is 0. The van der Waals surface area contributed by atoms with Crippen LogP contribution in [-0.2, 0) is 16.0 Å². The third kappa shape index (κ3) is 7.18. The van der Waals surface area contributed by atoms with Crippen molar-refractivity contribution in [2.45, 2.75) is 25.3 Å². The van der Waals surface area contributed by atoms with Gasteiger partial charge in [0.05, 0.1) is 12.1 Å². The highest BCUT2D eigenvalue weighted by atomic mass is 32.1. The van der Waals surface area contributed by atoms with Crippen LogP contribution in [-0.4, -0.2) is 77.3 Å². The van der Waals surface area contributed by atoms with E-state index in [0.717, 1.165) is 26.6 Å². The average Bonchev–Trinajstić information content (AvgIpc) is 3.69. The lowest BCUT2D eigenvalue weighted by molar-refractivity contribution is -0.123. The minimum Gasteiger partial charge on any atom is -0.368 e. The van der Waals surface area contributed by atoms with Crippen LogP contribution in [0.1, 0.15) is 39.3 Å². The number of hydrogen-bond acceptors (Lipinski definition) is 7. The summed E-state index contributed by atoms with van der Waals surface area (Å²) in [5.74, 6) is -0.809. The minimum absolute atomic E-state index is 0.0891. The van der Waals surface area contributed by atoms with Crippen LogP contribution in [0.2, 0.25) is 0 Å². The van der Waals surface area contributed by atoms with Crippen molar-refractivity contribution < 1.29 is 19.2 Å². The SMILES string of the molecule is O=C1CN(C(=O)c2csc3ccccc23)CCCCNC(=O)[C@H](Cc2c[nH]c3ccccc23)NC(=O)c2cccc(n2)NCCN1. The van der Waals surface area contributed by atoms with Crippen LogP contribution in [0.3, 0.4) is 0 Å². The third-order valence-corrected chi connectivity index (χ3v) is 8.91. The van der Waals surface area contributed by atoms with Crippen LogP contribution in [0.5, 0.6) is 0 Å². The largest absolute Gasteiger partial charge is 0.368 e. The molecule has 46 heavy (non-hydrogen) atoms. The van der Waals surface area contributed by atoms with Gasteiger partial charge in [-0.25, -0.2) is 4.98 Å². The summed E-state index contributed by atoms with van der Waals surface area (Å²) >= 11 is 1.50. The predicted molar refractivity (Wildman–Crippen MR) is 179 cm³/mol. The van der Waals surface area contributed by atoms with E-state index < -0.39 is 11.9 Å². The van der Waals surface area contributed by atoms with Crippen LogP contribution in [0, 0.1) is 0 Å². The topological polar surface area (TPSA) is 148 Å². The first-order valence-electron chi connectivity index (χ1n) is 15.3.